The van der Waals surface area contributed by atoms with Gasteiger partial charge in [-0.05, 0) is 36.6 Å². The number of nitrogens with zero attached hydrogens (tertiary/aromatic N) is 2. The fourth-order valence-electron chi connectivity index (χ4n) is 2.88. The zero-order valence-electron chi connectivity index (χ0n) is 13.6. The lowest BCUT2D eigenvalue weighted by Gasteiger charge is -2.28. The summed E-state index contributed by atoms with van der Waals surface area (Å²) < 4.78 is 0. The molecule has 0 fully saturated rings. The highest BCUT2D eigenvalue weighted by atomic mass is 15.2. The third kappa shape index (κ3) is 4.33. The molecule has 0 spiro atoms. The molecule has 0 atom stereocenters. The molecule has 1 aliphatic heterocycles. The van der Waals surface area contributed by atoms with Gasteiger partial charge in [-0.3, -0.25) is 9.89 Å². The van der Waals surface area contributed by atoms with Crippen molar-refractivity contribution in [2.75, 3.05) is 25.0 Å². The molecule has 0 radical (unpaired) electrons. The Bertz CT molecular complexity index is 676. The molecule has 3 N–H and O–H groups in total. The molecule has 2 aromatic rings. The van der Waals surface area contributed by atoms with Crippen LogP contribution in [0.3, 0.4) is 0 Å². The molecule has 0 bridgehead atoms. The first-order chi connectivity index (χ1) is 11.2. The summed E-state index contributed by atoms with van der Waals surface area (Å²) in [5, 5.41) is 3.13. The van der Waals surface area contributed by atoms with Gasteiger partial charge in [-0.2, -0.15) is 0 Å². The quantitative estimate of drug-likeness (QED) is 0.674. The highest BCUT2D eigenvalue weighted by molar-refractivity contribution is 5.92. The van der Waals surface area contributed by atoms with E-state index >= 15 is 0 Å². The van der Waals surface area contributed by atoms with E-state index in [2.05, 4.69) is 58.5 Å². The van der Waals surface area contributed by atoms with E-state index in [1.165, 1.54) is 16.7 Å². The second-order valence-electron chi connectivity index (χ2n) is 6.05. The highest BCUT2D eigenvalue weighted by Crippen LogP contribution is 2.17. The summed E-state index contributed by atoms with van der Waals surface area (Å²) in [7, 11) is 0. The monoisotopic (exact) mass is 308 g/mol. The Morgan fingerprint density at radius 2 is 1.87 bits per heavy atom. The maximum Gasteiger partial charge on any atom is 0.193 e. The second kappa shape index (κ2) is 7.29. The first kappa shape index (κ1) is 15.6. The van der Waals surface area contributed by atoms with Crippen LogP contribution in [0.2, 0.25) is 0 Å². The SMILES string of the molecule is Cc1ccc(NC(N)=NCCN2CCc3ccccc3C2)cc1. The maximum absolute atomic E-state index is 5.96. The Kier molecular flexibility index (Phi) is 4.93. The van der Waals surface area contributed by atoms with E-state index in [1.807, 2.05) is 12.1 Å². The number of nitrogens with one attached hydrogen (secondary N) is 1. The molecule has 23 heavy (non-hydrogen) atoms. The topological polar surface area (TPSA) is 53.6 Å². The first-order valence-corrected chi connectivity index (χ1v) is 8.13. The van der Waals surface area contributed by atoms with Gasteiger partial charge >= 0.3 is 0 Å². The number of nitrogens with two attached hydrogens (primary N) is 1. The van der Waals surface area contributed by atoms with Crippen molar-refractivity contribution in [3.05, 3.63) is 65.2 Å². The molecule has 0 unspecified atom stereocenters. The standard InChI is InChI=1S/C19H24N4/c1-15-6-8-18(9-7-15)22-19(20)21-11-13-23-12-10-16-4-2-3-5-17(16)14-23/h2-9H,10-14H2,1H3,(H3,20,21,22). The summed E-state index contributed by atoms with van der Waals surface area (Å²) in [4.78, 5) is 6.87. The van der Waals surface area contributed by atoms with Crippen LogP contribution in [0.15, 0.2) is 53.5 Å². The van der Waals surface area contributed by atoms with Crippen LogP contribution >= 0.6 is 0 Å². The van der Waals surface area contributed by atoms with Crippen LogP contribution in [0.5, 0.6) is 0 Å². The van der Waals surface area contributed by atoms with Crippen molar-refractivity contribution in [3.8, 4) is 0 Å². The fraction of sp³-hybridized carbons (Fsp3) is 0.316. The van der Waals surface area contributed by atoms with Crippen LogP contribution in [0.25, 0.3) is 0 Å². The molecular weight excluding hydrogens is 284 g/mol. The van der Waals surface area contributed by atoms with E-state index in [-0.39, 0.29) is 0 Å². The predicted octanol–water partition coefficient (Wildman–Crippen LogP) is 2.78. The largest absolute Gasteiger partial charge is 0.370 e. The molecule has 0 saturated carbocycles. The lowest BCUT2D eigenvalue weighted by molar-refractivity contribution is 0.262. The smallest absolute Gasteiger partial charge is 0.193 e. The maximum atomic E-state index is 5.96. The fourth-order valence-corrected chi connectivity index (χ4v) is 2.88. The minimum Gasteiger partial charge on any atom is -0.370 e. The van der Waals surface area contributed by atoms with Gasteiger partial charge in [-0.25, -0.2) is 0 Å². The van der Waals surface area contributed by atoms with Crippen molar-refractivity contribution in [2.24, 2.45) is 10.7 Å². The van der Waals surface area contributed by atoms with Crippen LogP contribution in [0.1, 0.15) is 16.7 Å². The van der Waals surface area contributed by atoms with Crippen molar-refractivity contribution < 1.29 is 0 Å². The normalized spacial score (nSPS) is 15.3. The van der Waals surface area contributed by atoms with Crippen molar-refractivity contribution in [2.45, 2.75) is 19.9 Å². The number of guanidine groups is 1. The van der Waals surface area contributed by atoms with E-state index < -0.39 is 0 Å². The summed E-state index contributed by atoms with van der Waals surface area (Å²) in [5.74, 6) is 0.478. The average molecular weight is 308 g/mol. The summed E-state index contributed by atoms with van der Waals surface area (Å²) in [6.45, 7) is 5.82. The molecule has 0 aromatic heterocycles. The predicted molar refractivity (Wildman–Crippen MR) is 96.7 cm³/mol. The number of hydrogen-bond donors (Lipinski definition) is 2. The Morgan fingerprint density at radius 3 is 2.65 bits per heavy atom. The van der Waals surface area contributed by atoms with Crippen LogP contribution in [-0.2, 0) is 13.0 Å². The Hall–Kier alpha value is -2.33. The number of benzene rings is 2. The van der Waals surface area contributed by atoms with Crippen LogP contribution in [0.4, 0.5) is 5.69 Å². The second-order valence-corrected chi connectivity index (χ2v) is 6.05. The van der Waals surface area contributed by atoms with Gasteiger partial charge in [0.15, 0.2) is 5.96 Å². The summed E-state index contributed by atoms with van der Waals surface area (Å²) in [6, 6.07) is 16.8. The lowest BCUT2D eigenvalue weighted by Crippen LogP contribution is -2.33. The summed E-state index contributed by atoms with van der Waals surface area (Å²) in [6.07, 6.45) is 1.12. The van der Waals surface area contributed by atoms with Crippen LogP contribution < -0.4 is 11.1 Å². The molecule has 3 rings (SSSR count). The zero-order valence-corrected chi connectivity index (χ0v) is 13.6. The number of aryl methyl sites for hydroxylation is 1. The third-order valence-corrected chi connectivity index (χ3v) is 4.23. The van der Waals surface area contributed by atoms with Crippen molar-refractivity contribution >= 4 is 11.6 Å². The molecule has 4 nitrogen and oxygen atoms in total. The van der Waals surface area contributed by atoms with E-state index in [0.29, 0.717) is 12.5 Å². The van der Waals surface area contributed by atoms with Crippen molar-refractivity contribution in [1.82, 2.24) is 4.90 Å². The van der Waals surface area contributed by atoms with E-state index in [1.54, 1.807) is 0 Å². The summed E-state index contributed by atoms with van der Waals surface area (Å²) in [5.41, 5.74) is 11.1. The third-order valence-electron chi connectivity index (χ3n) is 4.23. The van der Waals surface area contributed by atoms with Crippen LogP contribution in [0, 0.1) is 6.92 Å². The van der Waals surface area contributed by atoms with Gasteiger partial charge < -0.3 is 11.1 Å². The summed E-state index contributed by atoms with van der Waals surface area (Å²) >= 11 is 0. The molecule has 0 aliphatic carbocycles. The number of hydrogen-bond acceptors (Lipinski definition) is 2. The minimum atomic E-state index is 0.478. The van der Waals surface area contributed by atoms with Gasteiger partial charge in [0.1, 0.15) is 0 Å². The molecular formula is C19H24N4. The van der Waals surface area contributed by atoms with Crippen LogP contribution in [-0.4, -0.2) is 30.5 Å². The minimum absolute atomic E-state index is 0.478. The van der Waals surface area contributed by atoms with E-state index in [9.17, 15) is 0 Å². The molecule has 2 aromatic carbocycles. The number of fused-ring (bicyclic) bond motifs is 1. The molecule has 0 amide bonds. The average Bonchev–Trinajstić information content (AvgIpc) is 2.57. The number of rotatable bonds is 4. The van der Waals surface area contributed by atoms with Gasteiger partial charge in [-0.15, -0.1) is 0 Å². The highest BCUT2D eigenvalue weighted by Gasteiger charge is 2.14. The zero-order chi connectivity index (χ0) is 16.1. The van der Waals surface area contributed by atoms with Gasteiger partial charge in [0.05, 0.1) is 6.54 Å². The van der Waals surface area contributed by atoms with E-state index in [4.69, 9.17) is 5.73 Å². The number of aliphatic imine (C=N–C) groups is 1. The molecule has 4 heteroatoms. The molecule has 1 heterocycles. The first-order valence-electron chi connectivity index (χ1n) is 8.13. The van der Waals surface area contributed by atoms with Crippen molar-refractivity contribution in [3.63, 3.8) is 0 Å². The molecule has 120 valence electrons. The van der Waals surface area contributed by atoms with Gasteiger partial charge in [-0.1, -0.05) is 42.0 Å². The molecule has 1 aliphatic rings. The Labute approximate surface area is 138 Å². The lowest BCUT2D eigenvalue weighted by atomic mass is 10.0. The Balaban J connectivity index is 1.48. The van der Waals surface area contributed by atoms with E-state index in [0.717, 1.165) is 31.7 Å². The Morgan fingerprint density at radius 1 is 1.13 bits per heavy atom. The van der Waals surface area contributed by atoms with Gasteiger partial charge in [0.2, 0.25) is 0 Å². The van der Waals surface area contributed by atoms with Crippen molar-refractivity contribution in [1.29, 1.82) is 0 Å². The molecule has 0 saturated heterocycles. The van der Waals surface area contributed by atoms with Gasteiger partial charge in [0.25, 0.3) is 0 Å². The van der Waals surface area contributed by atoms with Gasteiger partial charge in [0, 0.05) is 25.3 Å². The number of anilines is 1.